The molecule has 25 heavy (non-hydrogen) atoms. The van der Waals surface area contributed by atoms with Crippen LogP contribution in [0.1, 0.15) is 62.5 Å². The van der Waals surface area contributed by atoms with Crippen LogP contribution in [-0.4, -0.2) is 37.3 Å². The summed E-state index contributed by atoms with van der Waals surface area (Å²) >= 11 is 0. The van der Waals surface area contributed by atoms with E-state index in [1.54, 1.807) is 13.2 Å². The Hall–Kier alpha value is -1.17. The van der Waals surface area contributed by atoms with Crippen LogP contribution < -0.4 is 4.74 Å². The van der Waals surface area contributed by atoms with E-state index in [-0.39, 0.29) is 11.7 Å². The number of unbranched alkanes of at least 4 members (excludes halogenated alkanes) is 2. The van der Waals surface area contributed by atoms with Crippen LogP contribution in [0.5, 0.6) is 5.75 Å². The molecule has 1 aliphatic heterocycles. The number of aliphatic hydroxyl groups excluding tert-OH is 1. The maximum Gasteiger partial charge on any atom is 0.169 e. The highest BCUT2D eigenvalue weighted by Crippen LogP contribution is 2.46. The van der Waals surface area contributed by atoms with Crippen molar-refractivity contribution < 1.29 is 23.7 Å². The summed E-state index contributed by atoms with van der Waals surface area (Å²) in [5, 5.41) is 10.5. The monoisotopic (exact) mass is 352 g/mol. The fourth-order valence-electron chi connectivity index (χ4n) is 4.09. The molecule has 1 heterocycles. The van der Waals surface area contributed by atoms with Gasteiger partial charge in [-0.05, 0) is 37.0 Å². The van der Waals surface area contributed by atoms with Gasteiger partial charge in [0.1, 0.15) is 11.6 Å². The van der Waals surface area contributed by atoms with E-state index in [0.29, 0.717) is 43.8 Å². The molecule has 3 rings (SSSR count). The van der Waals surface area contributed by atoms with E-state index in [4.69, 9.17) is 14.2 Å². The maximum absolute atomic E-state index is 15.0. The van der Waals surface area contributed by atoms with Crippen LogP contribution in [-0.2, 0) is 15.9 Å². The van der Waals surface area contributed by atoms with Crippen molar-refractivity contribution in [1.82, 2.24) is 0 Å². The first kappa shape index (κ1) is 18.6. The molecular weight excluding hydrogens is 323 g/mol. The number of ether oxygens (including phenoxy) is 3. The number of aryl methyl sites for hydroxylation is 1. The van der Waals surface area contributed by atoms with Crippen molar-refractivity contribution in [2.45, 2.75) is 69.7 Å². The van der Waals surface area contributed by atoms with Crippen LogP contribution in [0.15, 0.2) is 12.1 Å². The number of benzene rings is 1. The zero-order chi connectivity index (χ0) is 17.9. The zero-order valence-electron chi connectivity index (χ0n) is 15.2. The van der Waals surface area contributed by atoms with E-state index in [2.05, 4.69) is 6.92 Å². The number of halogens is 1. The summed E-state index contributed by atoms with van der Waals surface area (Å²) in [5.74, 6) is -0.844. The van der Waals surface area contributed by atoms with E-state index < -0.39 is 11.9 Å². The molecular formula is C20H29FO4. The van der Waals surface area contributed by atoms with Gasteiger partial charge >= 0.3 is 0 Å². The molecule has 0 amide bonds. The summed E-state index contributed by atoms with van der Waals surface area (Å²) in [5.41, 5.74) is 1.40. The van der Waals surface area contributed by atoms with Gasteiger partial charge in [0.25, 0.3) is 0 Å². The van der Waals surface area contributed by atoms with Gasteiger partial charge in [-0.3, -0.25) is 0 Å². The second-order valence-corrected chi connectivity index (χ2v) is 7.17. The Bertz CT molecular complexity index is 583. The number of rotatable bonds is 6. The predicted octanol–water partition coefficient (Wildman–Crippen LogP) is 3.94. The van der Waals surface area contributed by atoms with Gasteiger partial charge in [-0.15, -0.1) is 0 Å². The molecule has 5 heteroatoms. The zero-order valence-corrected chi connectivity index (χ0v) is 15.2. The highest BCUT2D eigenvalue weighted by Gasteiger charge is 2.46. The Morgan fingerprint density at radius 2 is 2.04 bits per heavy atom. The molecule has 2 aliphatic rings. The first-order valence-electron chi connectivity index (χ1n) is 9.41. The standard InChI is InChI=1S/C20H29FO4/c1-3-4-5-6-14-11-16(21)19(18(12-14)23-2)15-13-20(8-7-17(15)22)24-9-10-25-20/h11-12,15,17,22H,3-10,13H2,1-2H3/t15-,17+/m1/s1. The van der Waals surface area contributed by atoms with Gasteiger partial charge in [0.2, 0.25) is 0 Å². The normalized spacial score (nSPS) is 25.4. The molecule has 140 valence electrons. The van der Waals surface area contributed by atoms with Gasteiger partial charge in [-0.2, -0.15) is 0 Å². The molecule has 1 aliphatic carbocycles. The second-order valence-electron chi connectivity index (χ2n) is 7.17. The fourth-order valence-corrected chi connectivity index (χ4v) is 4.09. The van der Waals surface area contributed by atoms with Crippen LogP contribution in [0.2, 0.25) is 0 Å². The molecule has 2 fully saturated rings. The first-order chi connectivity index (χ1) is 12.1. The third-order valence-electron chi connectivity index (χ3n) is 5.44. The Balaban J connectivity index is 1.86. The van der Waals surface area contributed by atoms with Gasteiger partial charge < -0.3 is 19.3 Å². The number of hydrogen-bond donors (Lipinski definition) is 1. The van der Waals surface area contributed by atoms with Gasteiger partial charge in [0.15, 0.2) is 5.79 Å². The average Bonchev–Trinajstić information content (AvgIpc) is 3.05. The van der Waals surface area contributed by atoms with Crippen LogP contribution in [0.3, 0.4) is 0 Å². The number of aliphatic hydroxyl groups is 1. The molecule has 0 aromatic heterocycles. The molecule has 0 radical (unpaired) electrons. The minimum absolute atomic E-state index is 0.301. The fraction of sp³-hybridized carbons (Fsp3) is 0.700. The van der Waals surface area contributed by atoms with Crippen LogP contribution in [0.4, 0.5) is 4.39 Å². The third-order valence-corrected chi connectivity index (χ3v) is 5.44. The summed E-state index contributed by atoms with van der Waals surface area (Å²) < 4.78 is 32.0. The molecule has 1 aromatic carbocycles. The summed E-state index contributed by atoms with van der Waals surface area (Å²) in [6.07, 6.45) is 5.15. The average molecular weight is 352 g/mol. The SMILES string of the molecule is CCCCCc1cc(F)c([C@@H]2CC3(CC[C@@H]2O)OCCO3)c(OC)c1. The first-order valence-corrected chi connectivity index (χ1v) is 9.41. The topological polar surface area (TPSA) is 47.9 Å². The minimum atomic E-state index is -0.679. The van der Waals surface area contributed by atoms with Crippen molar-refractivity contribution in [3.8, 4) is 5.75 Å². The lowest BCUT2D eigenvalue weighted by atomic mass is 9.77. The van der Waals surface area contributed by atoms with Crippen molar-refractivity contribution in [1.29, 1.82) is 0 Å². The van der Waals surface area contributed by atoms with Crippen molar-refractivity contribution in [2.75, 3.05) is 20.3 Å². The Kier molecular flexibility index (Phi) is 5.97. The second kappa shape index (κ2) is 8.02. The van der Waals surface area contributed by atoms with E-state index in [9.17, 15) is 9.50 Å². The van der Waals surface area contributed by atoms with Crippen molar-refractivity contribution in [3.05, 3.63) is 29.1 Å². The van der Waals surface area contributed by atoms with Crippen molar-refractivity contribution in [2.24, 2.45) is 0 Å². The van der Waals surface area contributed by atoms with Gasteiger partial charge in [-0.25, -0.2) is 4.39 Å². The van der Waals surface area contributed by atoms with Crippen LogP contribution in [0.25, 0.3) is 0 Å². The van der Waals surface area contributed by atoms with Crippen LogP contribution >= 0.6 is 0 Å². The molecule has 1 saturated heterocycles. The Morgan fingerprint density at radius 3 is 2.72 bits per heavy atom. The van der Waals surface area contributed by atoms with Gasteiger partial charge in [0.05, 0.1) is 26.4 Å². The van der Waals surface area contributed by atoms with Crippen LogP contribution in [0, 0.1) is 5.82 Å². The van der Waals surface area contributed by atoms with Gasteiger partial charge in [0, 0.05) is 24.3 Å². The predicted molar refractivity (Wildman–Crippen MR) is 93.4 cm³/mol. The lowest BCUT2D eigenvalue weighted by Crippen LogP contribution is -2.41. The van der Waals surface area contributed by atoms with E-state index >= 15 is 0 Å². The summed E-state index contributed by atoms with van der Waals surface area (Å²) in [7, 11) is 1.56. The third kappa shape index (κ3) is 3.99. The van der Waals surface area contributed by atoms with Crippen molar-refractivity contribution >= 4 is 0 Å². The molecule has 1 N–H and O–H groups in total. The molecule has 1 aromatic rings. The maximum atomic E-state index is 15.0. The van der Waals surface area contributed by atoms with E-state index in [0.717, 1.165) is 31.2 Å². The Morgan fingerprint density at radius 1 is 1.28 bits per heavy atom. The smallest absolute Gasteiger partial charge is 0.169 e. The molecule has 2 atom stereocenters. The lowest BCUT2D eigenvalue weighted by molar-refractivity contribution is -0.193. The largest absolute Gasteiger partial charge is 0.496 e. The molecule has 4 nitrogen and oxygen atoms in total. The summed E-state index contributed by atoms with van der Waals surface area (Å²) in [4.78, 5) is 0. The number of methoxy groups -OCH3 is 1. The van der Waals surface area contributed by atoms with Crippen molar-refractivity contribution in [3.63, 3.8) is 0 Å². The highest BCUT2D eigenvalue weighted by atomic mass is 19.1. The number of hydrogen-bond acceptors (Lipinski definition) is 4. The lowest BCUT2D eigenvalue weighted by Gasteiger charge is -2.39. The quantitative estimate of drug-likeness (QED) is 0.788. The van der Waals surface area contributed by atoms with E-state index in [1.807, 2.05) is 6.07 Å². The molecule has 0 bridgehead atoms. The Labute approximate surface area is 149 Å². The molecule has 0 unspecified atom stereocenters. The molecule has 1 saturated carbocycles. The van der Waals surface area contributed by atoms with E-state index in [1.165, 1.54) is 0 Å². The molecule has 1 spiro atoms. The summed E-state index contributed by atoms with van der Waals surface area (Å²) in [6, 6.07) is 3.51. The summed E-state index contributed by atoms with van der Waals surface area (Å²) in [6.45, 7) is 3.26. The highest BCUT2D eigenvalue weighted by molar-refractivity contribution is 5.42. The minimum Gasteiger partial charge on any atom is -0.496 e. The van der Waals surface area contributed by atoms with Gasteiger partial charge in [-0.1, -0.05) is 19.8 Å².